The molecule has 0 aliphatic rings. The molecule has 0 fully saturated rings. The molecule has 26 heavy (non-hydrogen) atoms. The van der Waals surface area contributed by atoms with E-state index in [0.717, 1.165) is 24.8 Å². The molecule has 0 aliphatic carbocycles. The number of benzene rings is 1. The predicted octanol–water partition coefficient (Wildman–Crippen LogP) is 3.74. The number of ether oxygens (including phenoxy) is 1. The molecule has 0 saturated heterocycles. The van der Waals surface area contributed by atoms with E-state index in [1.807, 2.05) is 19.9 Å². The Morgan fingerprint density at radius 3 is 2.38 bits per heavy atom. The van der Waals surface area contributed by atoms with Gasteiger partial charge in [0.05, 0.1) is 12.9 Å². The smallest absolute Gasteiger partial charge is 0.309 e. The summed E-state index contributed by atoms with van der Waals surface area (Å²) in [6.07, 6.45) is 3.51. The van der Waals surface area contributed by atoms with Gasteiger partial charge in [-0.1, -0.05) is 25.8 Å². The van der Waals surface area contributed by atoms with Gasteiger partial charge < -0.3 is 13.8 Å². The van der Waals surface area contributed by atoms with Crippen LogP contribution in [0.3, 0.4) is 0 Å². The van der Waals surface area contributed by atoms with Gasteiger partial charge in [0, 0.05) is 19.0 Å². The van der Waals surface area contributed by atoms with Gasteiger partial charge in [-0.3, -0.25) is 4.79 Å². The number of carbonyl (C=O) groups is 1. The van der Waals surface area contributed by atoms with Crippen molar-refractivity contribution in [2.24, 2.45) is 0 Å². The number of rotatable bonds is 11. The number of nitrogens with zero attached hydrogens (tertiary/aromatic N) is 1. The number of hydrogen-bond acceptors (Lipinski definition) is 5. The Morgan fingerprint density at radius 2 is 1.85 bits per heavy atom. The molecule has 0 heterocycles. The summed E-state index contributed by atoms with van der Waals surface area (Å²) in [6.45, 7) is 7.96. The van der Waals surface area contributed by atoms with Crippen LogP contribution in [0.4, 0.5) is 0 Å². The zero-order chi connectivity index (χ0) is 19.7. The molecular formula is C19H31NO5S. The monoisotopic (exact) mass is 385 g/mol. The molecule has 148 valence electrons. The van der Waals surface area contributed by atoms with Crippen molar-refractivity contribution >= 4 is 16.0 Å². The minimum atomic E-state index is -3.66. The molecule has 0 bridgehead atoms. The second-order valence-electron chi connectivity index (χ2n) is 6.49. The highest BCUT2D eigenvalue weighted by atomic mass is 32.2. The Kier molecular flexibility index (Phi) is 8.92. The van der Waals surface area contributed by atoms with E-state index in [1.54, 1.807) is 17.0 Å². The zero-order valence-corrected chi connectivity index (χ0v) is 17.3. The molecular weight excluding hydrogens is 354 g/mol. The Balaban J connectivity index is 3.00. The number of unbranched alkanes of at least 4 members (excludes halogenated alkanes) is 2. The standard InChI is InChI=1S/C19H31NO5S/c1-6-8-9-10-19(21)20(15(3)4)14-16-11-12-17(24-5)18(13-16)25-26(22,23)7-2/h11-13,15H,6-10,14H2,1-5H3. The maximum Gasteiger partial charge on any atom is 0.309 e. The average molecular weight is 386 g/mol. The summed E-state index contributed by atoms with van der Waals surface area (Å²) in [7, 11) is -2.20. The van der Waals surface area contributed by atoms with Gasteiger partial charge in [-0.05, 0) is 44.9 Å². The molecule has 0 atom stereocenters. The van der Waals surface area contributed by atoms with Crippen LogP contribution in [0.1, 0.15) is 58.9 Å². The molecule has 1 rings (SSSR count). The van der Waals surface area contributed by atoms with Gasteiger partial charge in [0.25, 0.3) is 0 Å². The van der Waals surface area contributed by atoms with Gasteiger partial charge in [-0.25, -0.2) is 0 Å². The molecule has 0 N–H and O–H groups in total. The minimum absolute atomic E-state index is 0.0509. The molecule has 0 radical (unpaired) electrons. The molecule has 0 spiro atoms. The first-order valence-electron chi connectivity index (χ1n) is 9.12. The lowest BCUT2D eigenvalue weighted by Crippen LogP contribution is -2.36. The van der Waals surface area contributed by atoms with Crippen LogP contribution in [0.15, 0.2) is 18.2 Å². The average Bonchev–Trinajstić information content (AvgIpc) is 2.59. The third kappa shape index (κ3) is 6.86. The Hall–Kier alpha value is -1.76. The highest BCUT2D eigenvalue weighted by Crippen LogP contribution is 2.30. The van der Waals surface area contributed by atoms with Crippen molar-refractivity contribution in [1.29, 1.82) is 0 Å². The van der Waals surface area contributed by atoms with Crippen molar-refractivity contribution in [3.63, 3.8) is 0 Å². The number of amides is 1. The van der Waals surface area contributed by atoms with Gasteiger partial charge in [0.2, 0.25) is 5.91 Å². The van der Waals surface area contributed by atoms with E-state index in [1.165, 1.54) is 14.0 Å². The van der Waals surface area contributed by atoms with Crippen LogP contribution in [0, 0.1) is 0 Å². The van der Waals surface area contributed by atoms with Crippen molar-refractivity contribution in [1.82, 2.24) is 4.90 Å². The van der Waals surface area contributed by atoms with Gasteiger partial charge in [-0.15, -0.1) is 0 Å². The molecule has 6 nitrogen and oxygen atoms in total. The summed E-state index contributed by atoms with van der Waals surface area (Å²) in [5, 5.41) is 0. The lowest BCUT2D eigenvalue weighted by molar-refractivity contribution is -0.133. The summed E-state index contributed by atoms with van der Waals surface area (Å²) in [5.74, 6) is 0.465. The number of hydrogen-bond donors (Lipinski definition) is 0. The predicted molar refractivity (Wildman–Crippen MR) is 103 cm³/mol. The number of carbonyl (C=O) groups excluding carboxylic acids is 1. The highest BCUT2D eigenvalue weighted by molar-refractivity contribution is 7.87. The van der Waals surface area contributed by atoms with E-state index in [2.05, 4.69) is 6.92 Å². The van der Waals surface area contributed by atoms with E-state index >= 15 is 0 Å². The fourth-order valence-corrected chi connectivity index (χ4v) is 3.03. The van der Waals surface area contributed by atoms with Gasteiger partial charge in [0.15, 0.2) is 11.5 Å². The summed E-state index contributed by atoms with van der Waals surface area (Å²) in [4.78, 5) is 14.3. The van der Waals surface area contributed by atoms with Crippen molar-refractivity contribution < 1.29 is 22.1 Å². The SMILES string of the molecule is CCCCCC(=O)N(Cc1ccc(OC)c(OS(=O)(=O)CC)c1)C(C)C. The number of methoxy groups -OCH3 is 1. The fourth-order valence-electron chi connectivity index (χ4n) is 2.51. The van der Waals surface area contributed by atoms with Crippen LogP contribution in [-0.2, 0) is 21.5 Å². The first kappa shape index (κ1) is 22.3. The van der Waals surface area contributed by atoms with E-state index in [-0.39, 0.29) is 23.5 Å². The molecule has 1 amide bonds. The summed E-state index contributed by atoms with van der Waals surface area (Å²) < 4.78 is 33.9. The largest absolute Gasteiger partial charge is 0.493 e. The fraction of sp³-hybridized carbons (Fsp3) is 0.632. The molecule has 0 unspecified atom stereocenters. The molecule has 1 aromatic rings. The van der Waals surface area contributed by atoms with Crippen LogP contribution in [0.5, 0.6) is 11.5 Å². The molecule has 0 saturated carbocycles. The second-order valence-corrected chi connectivity index (χ2v) is 8.35. The van der Waals surface area contributed by atoms with Crippen molar-refractivity contribution in [2.45, 2.75) is 66.0 Å². The van der Waals surface area contributed by atoms with Crippen LogP contribution in [-0.4, -0.2) is 38.1 Å². The van der Waals surface area contributed by atoms with E-state index < -0.39 is 10.1 Å². The summed E-state index contributed by atoms with van der Waals surface area (Å²) >= 11 is 0. The quantitative estimate of drug-likeness (QED) is 0.428. The third-order valence-corrected chi connectivity index (χ3v) is 5.23. The minimum Gasteiger partial charge on any atom is -0.493 e. The van der Waals surface area contributed by atoms with Gasteiger partial charge in [0.1, 0.15) is 0 Å². The highest BCUT2D eigenvalue weighted by Gasteiger charge is 2.19. The Morgan fingerprint density at radius 1 is 1.15 bits per heavy atom. The third-order valence-electron chi connectivity index (χ3n) is 4.09. The molecule has 1 aromatic carbocycles. The lowest BCUT2D eigenvalue weighted by atomic mass is 10.1. The van der Waals surface area contributed by atoms with Crippen LogP contribution in [0.2, 0.25) is 0 Å². The first-order chi connectivity index (χ1) is 12.2. The maximum absolute atomic E-state index is 12.5. The second kappa shape index (κ2) is 10.4. The molecule has 0 aromatic heterocycles. The summed E-state index contributed by atoms with van der Waals surface area (Å²) in [5.41, 5.74) is 0.796. The van der Waals surface area contributed by atoms with Crippen LogP contribution >= 0.6 is 0 Å². The van der Waals surface area contributed by atoms with E-state index in [4.69, 9.17) is 8.92 Å². The first-order valence-corrected chi connectivity index (χ1v) is 10.7. The van der Waals surface area contributed by atoms with Gasteiger partial charge >= 0.3 is 10.1 Å². The summed E-state index contributed by atoms with van der Waals surface area (Å²) in [6, 6.07) is 5.16. The van der Waals surface area contributed by atoms with Crippen LogP contribution in [0.25, 0.3) is 0 Å². The van der Waals surface area contributed by atoms with Crippen molar-refractivity contribution in [3.05, 3.63) is 23.8 Å². The Labute approximate surface area is 157 Å². The van der Waals surface area contributed by atoms with Crippen molar-refractivity contribution in [2.75, 3.05) is 12.9 Å². The normalized spacial score (nSPS) is 11.5. The van der Waals surface area contributed by atoms with Crippen molar-refractivity contribution in [3.8, 4) is 11.5 Å². The van der Waals surface area contributed by atoms with Crippen LogP contribution < -0.4 is 8.92 Å². The molecule has 0 aliphatic heterocycles. The van der Waals surface area contributed by atoms with Gasteiger partial charge in [-0.2, -0.15) is 8.42 Å². The van der Waals surface area contributed by atoms with E-state index in [0.29, 0.717) is 18.7 Å². The molecule has 7 heteroatoms. The topological polar surface area (TPSA) is 72.9 Å². The Bertz CT molecular complexity index is 685. The maximum atomic E-state index is 12.5. The lowest BCUT2D eigenvalue weighted by Gasteiger charge is -2.27. The van der Waals surface area contributed by atoms with E-state index in [9.17, 15) is 13.2 Å². The zero-order valence-electron chi connectivity index (χ0n) is 16.4.